The fraction of sp³-hybridized carbons (Fsp3) is 0.417. The lowest BCUT2D eigenvalue weighted by Gasteiger charge is -2.15. The predicted octanol–water partition coefficient (Wildman–Crippen LogP) is -0.677. The summed E-state index contributed by atoms with van der Waals surface area (Å²) in [7, 11) is 0. The van der Waals surface area contributed by atoms with Crippen molar-refractivity contribution in [2.24, 2.45) is 5.73 Å². The number of hydrogen-bond donors (Lipinski definition) is 3. The van der Waals surface area contributed by atoms with Gasteiger partial charge < -0.3 is 20.8 Å². The molecule has 1 aliphatic rings. The number of rotatable bonds is 2. The van der Waals surface area contributed by atoms with Gasteiger partial charge in [0.2, 0.25) is 0 Å². The number of nitrogens with two attached hydrogens (primary N) is 1. The molecule has 1 saturated heterocycles. The first-order valence-electron chi connectivity index (χ1n) is 5.56. The fourth-order valence-electron chi connectivity index (χ4n) is 1.95. The van der Waals surface area contributed by atoms with Crippen LogP contribution >= 0.6 is 0 Å². The first-order chi connectivity index (χ1) is 8.11. The second-order valence-corrected chi connectivity index (χ2v) is 4.25. The van der Waals surface area contributed by atoms with Crippen LogP contribution in [0.4, 0.5) is 0 Å². The first kappa shape index (κ1) is 12.0. The van der Waals surface area contributed by atoms with Gasteiger partial charge in [-0.25, -0.2) is 0 Å². The zero-order chi connectivity index (χ0) is 12.4. The highest BCUT2D eigenvalue weighted by molar-refractivity contribution is 5.94. The maximum atomic E-state index is 12.1. The van der Waals surface area contributed by atoms with E-state index in [9.17, 15) is 15.0 Å². The molecule has 17 heavy (non-hydrogen) atoms. The molecule has 1 aromatic rings. The third kappa shape index (κ3) is 2.46. The second-order valence-electron chi connectivity index (χ2n) is 4.25. The summed E-state index contributed by atoms with van der Waals surface area (Å²) < 4.78 is 0. The number of hydrogen-bond acceptors (Lipinski definition) is 4. The van der Waals surface area contributed by atoms with Crippen LogP contribution in [-0.2, 0) is 6.54 Å². The smallest absolute Gasteiger partial charge is 0.254 e. The second kappa shape index (κ2) is 4.83. The molecule has 0 spiro atoms. The van der Waals surface area contributed by atoms with Crippen LogP contribution in [-0.4, -0.2) is 46.3 Å². The molecular weight excluding hydrogens is 220 g/mol. The maximum Gasteiger partial charge on any atom is 0.254 e. The number of β-amino-alcohol motifs (C(OH)–C–C–N with tert-alkyl or cyclic N) is 2. The van der Waals surface area contributed by atoms with Gasteiger partial charge in [-0.05, 0) is 17.7 Å². The minimum atomic E-state index is -0.850. The van der Waals surface area contributed by atoms with Crippen LogP contribution in [0.3, 0.4) is 0 Å². The number of aliphatic hydroxyl groups is 2. The van der Waals surface area contributed by atoms with E-state index in [1.54, 1.807) is 18.2 Å². The minimum Gasteiger partial charge on any atom is -0.388 e. The number of carbonyl (C=O) groups excluding carboxylic acids is 1. The van der Waals surface area contributed by atoms with Gasteiger partial charge in [-0.2, -0.15) is 0 Å². The zero-order valence-corrected chi connectivity index (χ0v) is 9.41. The molecule has 0 saturated carbocycles. The van der Waals surface area contributed by atoms with Crippen molar-refractivity contribution in [1.82, 2.24) is 4.90 Å². The lowest BCUT2D eigenvalue weighted by Crippen LogP contribution is -2.29. The van der Waals surface area contributed by atoms with Crippen LogP contribution in [0, 0.1) is 0 Å². The van der Waals surface area contributed by atoms with Gasteiger partial charge >= 0.3 is 0 Å². The Bertz CT molecular complexity index is 412. The van der Waals surface area contributed by atoms with Crippen LogP contribution in [0.5, 0.6) is 0 Å². The lowest BCUT2D eigenvalue weighted by atomic mass is 10.1. The first-order valence-corrected chi connectivity index (χ1v) is 5.56. The van der Waals surface area contributed by atoms with E-state index in [1.165, 1.54) is 4.90 Å². The van der Waals surface area contributed by atoms with E-state index in [0.29, 0.717) is 12.1 Å². The quantitative estimate of drug-likeness (QED) is 0.635. The van der Waals surface area contributed by atoms with E-state index in [2.05, 4.69) is 0 Å². The molecule has 1 fully saturated rings. The maximum absolute atomic E-state index is 12.1. The molecule has 0 aromatic heterocycles. The molecule has 5 nitrogen and oxygen atoms in total. The molecule has 2 atom stereocenters. The predicted molar refractivity (Wildman–Crippen MR) is 62.3 cm³/mol. The molecular formula is C12H16N2O3. The topological polar surface area (TPSA) is 86.8 Å². The average Bonchev–Trinajstić information content (AvgIpc) is 2.69. The van der Waals surface area contributed by atoms with Gasteiger partial charge in [0.15, 0.2) is 0 Å². The van der Waals surface area contributed by atoms with Crippen molar-refractivity contribution in [3.8, 4) is 0 Å². The van der Waals surface area contributed by atoms with Crippen LogP contribution in [0.25, 0.3) is 0 Å². The summed E-state index contributed by atoms with van der Waals surface area (Å²) in [5.41, 5.74) is 6.93. The normalized spacial score (nSPS) is 24.1. The van der Waals surface area contributed by atoms with E-state index in [-0.39, 0.29) is 19.0 Å². The van der Waals surface area contributed by atoms with Gasteiger partial charge in [-0.3, -0.25) is 4.79 Å². The van der Waals surface area contributed by atoms with Crippen molar-refractivity contribution in [1.29, 1.82) is 0 Å². The lowest BCUT2D eigenvalue weighted by molar-refractivity contribution is 0.0572. The molecule has 2 rings (SSSR count). The van der Waals surface area contributed by atoms with Crippen molar-refractivity contribution in [2.45, 2.75) is 18.8 Å². The third-order valence-electron chi connectivity index (χ3n) is 2.96. The summed E-state index contributed by atoms with van der Waals surface area (Å²) in [5.74, 6) is -0.184. The summed E-state index contributed by atoms with van der Waals surface area (Å²) in [6, 6.07) is 7.07. The van der Waals surface area contributed by atoms with Gasteiger partial charge in [0.25, 0.3) is 5.91 Å². The monoisotopic (exact) mass is 236 g/mol. The Morgan fingerprint density at radius 3 is 2.59 bits per heavy atom. The summed E-state index contributed by atoms with van der Waals surface area (Å²) in [6.45, 7) is 0.728. The van der Waals surface area contributed by atoms with E-state index >= 15 is 0 Å². The number of benzene rings is 1. The summed E-state index contributed by atoms with van der Waals surface area (Å²) >= 11 is 0. The molecule has 1 amide bonds. The summed E-state index contributed by atoms with van der Waals surface area (Å²) in [5, 5.41) is 18.8. The van der Waals surface area contributed by atoms with E-state index < -0.39 is 12.2 Å². The Balaban J connectivity index is 2.14. The van der Waals surface area contributed by atoms with Crippen molar-refractivity contribution in [2.75, 3.05) is 13.1 Å². The molecule has 0 unspecified atom stereocenters. The largest absolute Gasteiger partial charge is 0.388 e. The van der Waals surface area contributed by atoms with Crippen molar-refractivity contribution in [3.63, 3.8) is 0 Å². The van der Waals surface area contributed by atoms with E-state index in [4.69, 9.17) is 5.73 Å². The van der Waals surface area contributed by atoms with Gasteiger partial charge in [-0.1, -0.05) is 12.1 Å². The Morgan fingerprint density at radius 2 is 2.00 bits per heavy atom. The average molecular weight is 236 g/mol. The molecule has 92 valence electrons. The third-order valence-corrected chi connectivity index (χ3v) is 2.96. The Labute approximate surface area is 99.5 Å². The van der Waals surface area contributed by atoms with Crippen LogP contribution in [0.2, 0.25) is 0 Å². The summed E-state index contributed by atoms with van der Waals surface area (Å²) in [6.07, 6.45) is -1.70. The van der Waals surface area contributed by atoms with Crippen molar-refractivity contribution in [3.05, 3.63) is 35.4 Å². The number of aliphatic hydroxyl groups excluding tert-OH is 2. The number of nitrogens with zero attached hydrogens (tertiary/aromatic N) is 1. The highest BCUT2D eigenvalue weighted by atomic mass is 16.3. The molecule has 1 aliphatic heterocycles. The van der Waals surface area contributed by atoms with Crippen LogP contribution in [0.1, 0.15) is 15.9 Å². The van der Waals surface area contributed by atoms with Gasteiger partial charge in [0.1, 0.15) is 0 Å². The standard InChI is InChI=1S/C12H16N2O3/c13-5-8-2-1-3-9(4-8)12(17)14-6-10(15)11(16)7-14/h1-4,10-11,15-16H,5-7,13H2/t10-,11+. The molecule has 1 aromatic carbocycles. The highest BCUT2D eigenvalue weighted by Crippen LogP contribution is 2.15. The highest BCUT2D eigenvalue weighted by Gasteiger charge is 2.32. The Morgan fingerprint density at radius 1 is 1.35 bits per heavy atom. The van der Waals surface area contributed by atoms with E-state index in [0.717, 1.165) is 5.56 Å². The number of carbonyl (C=O) groups is 1. The molecule has 0 bridgehead atoms. The van der Waals surface area contributed by atoms with Gasteiger partial charge in [-0.15, -0.1) is 0 Å². The fourth-order valence-corrected chi connectivity index (χ4v) is 1.95. The minimum absolute atomic E-state index is 0.173. The molecule has 0 radical (unpaired) electrons. The van der Waals surface area contributed by atoms with Gasteiger partial charge in [0.05, 0.1) is 12.2 Å². The summed E-state index contributed by atoms with van der Waals surface area (Å²) in [4.78, 5) is 13.5. The Kier molecular flexibility index (Phi) is 3.42. The zero-order valence-electron chi connectivity index (χ0n) is 9.41. The number of likely N-dealkylation sites (tertiary alicyclic amines) is 1. The molecule has 4 N–H and O–H groups in total. The van der Waals surface area contributed by atoms with E-state index in [1.807, 2.05) is 6.07 Å². The van der Waals surface area contributed by atoms with Crippen LogP contribution < -0.4 is 5.73 Å². The van der Waals surface area contributed by atoms with Gasteiger partial charge in [0, 0.05) is 25.2 Å². The molecule has 0 aliphatic carbocycles. The SMILES string of the molecule is NCc1cccc(C(=O)N2C[C@@H](O)[C@@H](O)C2)c1. The van der Waals surface area contributed by atoms with Crippen molar-refractivity contribution < 1.29 is 15.0 Å². The number of amides is 1. The molecule has 1 heterocycles. The van der Waals surface area contributed by atoms with Crippen LogP contribution in [0.15, 0.2) is 24.3 Å². The van der Waals surface area contributed by atoms with Crippen molar-refractivity contribution >= 4 is 5.91 Å². The molecule has 5 heteroatoms. The Hall–Kier alpha value is -1.43.